The van der Waals surface area contributed by atoms with Crippen LogP contribution >= 0.6 is 0 Å². The van der Waals surface area contributed by atoms with Gasteiger partial charge in [0.2, 0.25) is 0 Å². The normalized spacial score (nSPS) is 12.6. The molecule has 0 amide bonds. The first kappa shape index (κ1) is 17.2. The Balaban J connectivity index is 2.75. The fourth-order valence-corrected chi connectivity index (χ4v) is 1.89. The molecule has 0 saturated carbocycles. The Kier molecular flexibility index (Phi) is 5.94. The quantitative estimate of drug-likeness (QED) is 0.782. The third kappa shape index (κ3) is 5.98. The largest absolute Gasteiger partial charge is 0.469 e. The Morgan fingerprint density at radius 3 is 2.48 bits per heavy atom. The minimum absolute atomic E-state index is 0.236. The second-order valence-corrected chi connectivity index (χ2v) is 6.08. The average Bonchev–Trinajstić information content (AvgIpc) is 2.42. The zero-order valence-electron chi connectivity index (χ0n) is 13.4. The Labute approximate surface area is 126 Å². The third-order valence-electron chi connectivity index (χ3n) is 3.06. The van der Waals surface area contributed by atoms with Crippen molar-refractivity contribution >= 4 is 11.9 Å². The van der Waals surface area contributed by atoms with Crippen molar-refractivity contribution in [1.82, 2.24) is 0 Å². The molecule has 0 saturated heterocycles. The summed E-state index contributed by atoms with van der Waals surface area (Å²) >= 11 is 0. The number of esters is 2. The molecule has 1 rings (SSSR count). The van der Waals surface area contributed by atoms with Crippen LogP contribution in [0.4, 0.5) is 0 Å². The van der Waals surface area contributed by atoms with Crippen LogP contribution in [0.5, 0.6) is 0 Å². The number of ether oxygens (including phenoxy) is 2. The van der Waals surface area contributed by atoms with E-state index in [9.17, 15) is 9.59 Å². The van der Waals surface area contributed by atoms with Gasteiger partial charge in [-0.05, 0) is 45.2 Å². The van der Waals surface area contributed by atoms with Gasteiger partial charge in [-0.1, -0.05) is 24.3 Å². The van der Waals surface area contributed by atoms with Crippen molar-refractivity contribution in [3.63, 3.8) is 0 Å². The van der Waals surface area contributed by atoms with Crippen molar-refractivity contribution in [3.05, 3.63) is 35.4 Å². The summed E-state index contributed by atoms with van der Waals surface area (Å²) in [6.45, 7) is 7.38. The molecule has 4 nitrogen and oxygen atoms in total. The molecule has 0 radical (unpaired) electrons. The van der Waals surface area contributed by atoms with E-state index in [1.165, 1.54) is 7.11 Å². The summed E-state index contributed by atoms with van der Waals surface area (Å²) in [5.41, 5.74) is 1.41. The molecule has 4 heteroatoms. The van der Waals surface area contributed by atoms with Crippen LogP contribution in [0.1, 0.15) is 51.2 Å². The number of carbonyl (C=O) groups excluding carboxylic acids is 2. The Hall–Kier alpha value is -1.84. The van der Waals surface area contributed by atoms with Gasteiger partial charge in [0.25, 0.3) is 0 Å². The Morgan fingerprint density at radius 2 is 1.90 bits per heavy atom. The van der Waals surface area contributed by atoms with E-state index in [1.807, 2.05) is 52.0 Å². The summed E-state index contributed by atoms with van der Waals surface area (Å²) in [6, 6.07) is 7.67. The van der Waals surface area contributed by atoms with E-state index in [-0.39, 0.29) is 17.9 Å². The van der Waals surface area contributed by atoms with Gasteiger partial charge in [0.15, 0.2) is 0 Å². The van der Waals surface area contributed by atoms with Gasteiger partial charge in [0.05, 0.1) is 13.0 Å². The van der Waals surface area contributed by atoms with Gasteiger partial charge >= 0.3 is 11.9 Å². The van der Waals surface area contributed by atoms with Crippen LogP contribution in [-0.2, 0) is 25.5 Å². The van der Waals surface area contributed by atoms with Crippen LogP contribution in [0.15, 0.2) is 24.3 Å². The van der Waals surface area contributed by atoms with Gasteiger partial charge in [0.1, 0.15) is 5.60 Å². The molecular weight excluding hydrogens is 268 g/mol. The number of carbonyl (C=O) groups is 2. The van der Waals surface area contributed by atoms with Gasteiger partial charge in [-0.25, -0.2) is 0 Å². The van der Waals surface area contributed by atoms with Crippen molar-refractivity contribution in [2.45, 2.75) is 52.1 Å². The molecule has 0 spiro atoms. The highest BCUT2D eigenvalue weighted by atomic mass is 16.6. The first-order valence-electron chi connectivity index (χ1n) is 7.11. The molecular formula is C17H24O4. The molecule has 1 aromatic rings. The summed E-state index contributed by atoms with van der Waals surface area (Å²) in [7, 11) is 1.38. The fraction of sp³-hybridized carbons (Fsp3) is 0.529. The standard InChI is InChI=1S/C17H24O4/c1-12(16(19)21-17(2,3)4)14-8-6-7-13(11-14)9-10-15(18)20-5/h6-8,11-12H,9-10H2,1-5H3. The molecule has 116 valence electrons. The lowest BCUT2D eigenvalue weighted by molar-refractivity contribution is -0.156. The van der Waals surface area contributed by atoms with Crippen LogP contribution in [0.2, 0.25) is 0 Å². The lowest BCUT2D eigenvalue weighted by atomic mass is 9.97. The van der Waals surface area contributed by atoms with E-state index >= 15 is 0 Å². The van der Waals surface area contributed by atoms with Crippen molar-refractivity contribution in [2.24, 2.45) is 0 Å². The van der Waals surface area contributed by atoms with Gasteiger partial charge in [-0.15, -0.1) is 0 Å². The SMILES string of the molecule is COC(=O)CCc1cccc(C(C)C(=O)OC(C)(C)C)c1. The van der Waals surface area contributed by atoms with Crippen molar-refractivity contribution in [3.8, 4) is 0 Å². The first-order chi connectivity index (χ1) is 9.73. The summed E-state index contributed by atoms with van der Waals surface area (Å²) in [6.07, 6.45) is 0.933. The Bertz CT molecular complexity index is 500. The highest BCUT2D eigenvalue weighted by Gasteiger charge is 2.23. The summed E-state index contributed by atoms with van der Waals surface area (Å²) in [5.74, 6) is -0.810. The molecule has 0 bridgehead atoms. The maximum Gasteiger partial charge on any atom is 0.313 e. The lowest BCUT2D eigenvalue weighted by Crippen LogP contribution is -2.26. The molecule has 1 aromatic carbocycles. The molecule has 0 aliphatic rings. The summed E-state index contributed by atoms with van der Waals surface area (Å²) in [5, 5.41) is 0. The number of aryl methyl sites for hydroxylation is 1. The smallest absolute Gasteiger partial charge is 0.313 e. The number of hydrogen-bond donors (Lipinski definition) is 0. The zero-order valence-corrected chi connectivity index (χ0v) is 13.4. The predicted molar refractivity (Wildman–Crippen MR) is 81.0 cm³/mol. The molecule has 0 heterocycles. The van der Waals surface area contributed by atoms with Gasteiger partial charge in [-0.3, -0.25) is 9.59 Å². The van der Waals surface area contributed by atoms with Crippen molar-refractivity contribution in [1.29, 1.82) is 0 Å². The van der Waals surface area contributed by atoms with E-state index in [0.29, 0.717) is 12.8 Å². The molecule has 0 aliphatic heterocycles. The van der Waals surface area contributed by atoms with Crippen LogP contribution in [0.25, 0.3) is 0 Å². The maximum atomic E-state index is 12.1. The zero-order chi connectivity index (χ0) is 16.0. The van der Waals surface area contributed by atoms with Crippen molar-refractivity contribution in [2.75, 3.05) is 7.11 Å². The topological polar surface area (TPSA) is 52.6 Å². The minimum atomic E-state index is -0.492. The Morgan fingerprint density at radius 1 is 1.24 bits per heavy atom. The van der Waals surface area contributed by atoms with Crippen LogP contribution in [-0.4, -0.2) is 24.6 Å². The molecule has 21 heavy (non-hydrogen) atoms. The van der Waals surface area contributed by atoms with E-state index in [4.69, 9.17) is 4.74 Å². The van der Waals surface area contributed by atoms with Crippen molar-refractivity contribution < 1.29 is 19.1 Å². The van der Waals surface area contributed by atoms with Crippen LogP contribution < -0.4 is 0 Å². The number of benzene rings is 1. The summed E-state index contributed by atoms with van der Waals surface area (Å²) in [4.78, 5) is 23.3. The second-order valence-electron chi connectivity index (χ2n) is 6.08. The molecule has 0 aliphatic carbocycles. The highest BCUT2D eigenvalue weighted by Crippen LogP contribution is 2.21. The lowest BCUT2D eigenvalue weighted by Gasteiger charge is -2.22. The van der Waals surface area contributed by atoms with Crippen LogP contribution in [0, 0.1) is 0 Å². The maximum absolute atomic E-state index is 12.1. The molecule has 0 fully saturated rings. The van der Waals surface area contributed by atoms with E-state index < -0.39 is 5.60 Å². The monoisotopic (exact) mass is 292 g/mol. The second kappa shape index (κ2) is 7.25. The first-order valence-corrected chi connectivity index (χ1v) is 7.11. The molecule has 1 atom stereocenters. The van der Waals surface area contributed by atoms with Gasteiger partial charge in [-0.2, -0.15) is 0 Å². The highest BCUT2D eigenvalue weighted by molar-refractivity contribution is 5.78. The molecule has 1 unspecified atom stereocenters. The molecule has 0 aromatic heterocycles. The van der Waals surface area contributed by atoms with Gasteiger partial charge < -0.3 is 9.47 Å². The van der Waals surface area contributed by atoms with E-state index in [0.717, 1.165) is 11.1 Å². The minimum Gasteiger partial charge on any atom is -0.469 e. The summed E-state index contributed by atoms with van der Waals surface area (Å²) < 4.78 is 10.0. The average molecular weight is 292 g/mol. The number of hydrogen-bond acceptors (Lipinski definition) is 4. The number of methoxy groups -OCH3 is 1. The predicted octanol–water partition coefficient (Wildman–Crippen LogP) is 3.24. The fourth-order valence-electron chi connectivity index (χ4n) is 1.89. The van der Waals surface area contributed by atoms with Gasteiger partial charge in [0, 0.05) is 6.42 Å². The molecule has 0 N–H and O–H groups in total. The third-order valence-corrected chi connectivity index (χ3v) is 3.06. The van der Waals surface area contributed by atoms with Crippen LogP contribution in [0.3, 0.4) is 0 Å². The van der Waals surface area contributed by atoms with E-state index in [1.54, 1.807) is 0 Å². The number of rotatable bonds is 5. The van der Waals surface area contributed by atoms with E-state index in [2.05, 4.69) is 4.74 Å².